The Hall–Kier alpha value is -3.46. The maximum Gasteiger partial charge on any atom is 1.00 e. The van der Waals surface area contributed by atoms with Crippen LogP contribution in [0.15, 0.2) is 30.9 Å². The average Bonchev–Trinajstić information content (AvgIpc) is 3.70. The minimum Gasteiger partial charge on any atom is -0.870 e. The third kappa shape index (κ3) is 5.76. The number of rotatable bonds is 5. The number of amides is 2. The van der Waals surface area contributed by atoms with E-state index in [2.05, 4.69) is 10.1 Å². The Morgan fingerprint density at radius 2 is 1.93 bits per heavy atom. The van der Waals surface area contributed by atoms with Crippen LogP contribution in [-0.2, 0) is 29.0 Å². The smallest absolute Gasteiger partial charge is 0.870 e. The number of aromatic nitrogens is 4. The van der Waals surface area contributed by atoms with Crippen LogP contribution in [0, 0.1) is 5.82 Å². The molecule has 5 heterocycles. The van der Waals surface area contributed by atoms with E-state index >= 15 is 4.39 Å². The van der Waals surface area contributed by atoms with Gasteiger partial charge in [-0.2, -0.15) is 5.10 Å². The fraction of sp³-hybridized carbons (Fsp3) is 0.483. The fourth-order valence-electron chi connectivity index (χ4n) is 5.92. The van der Waals surface area contributed by atoms with Gasteiger partial charge in [0.25, 0.3) is 5.91 Å². The molecule has 0 bridgehead atoms. The predicted octanol–water partition coefficient (Wildman–Crippen LogP) is 0.903. The number of ether oxygens (including phenoxy) is 1. The summed E-state index contributed by atoms with van der Waals surface area (Å²) < 4.78 is 24.4. The molecule has 3 aliphatic heterocycles. The monoisotopic (exact) mass is 571 g/mol. The predicted molar refractivity (Wildman–Crippen MR) is 144 cm³/mol. The van der Waals surface area contributed by atoms with E-state index in [1.165, 1.54) is 11.0 Å². The minimum atomic E-state index is -0.986. The Morgan fingerprint density at radius 3 is 2.62 bits per heavy atom. The topological polar surface area (TPSA) is 133 Å². The van der Waals surface area contributed by atoms with Crippen LogP contribution in [0.5, 0.6) is 0 Å². The van der Waals surface area contributed by atoms with Crippen LogP contribution in [0.2, 0.25) is 0 Å². The summed E-state index contributed by atoms with van der Waals surface area (Å²) in [6.45, 7) is 7.52. The average molecular weight is 572 g/mol. The Labute approximate surface area is 255 Å². The fourth-order valence-corrected chi connectivity index (χ4v) is 5.92. The van der Waals surface area contributed by atoms with Crippen LogP contribution in [0.1, 0.15) is 84.9 Å². The number of hydrogen-bond acceptors (Lipinski definition) is 7. The van der Waals surface area contributed by atoms with Gasteiger partial charge in [0.05, 0.1) is 23.9 Å². The molecule has 1 atom stereocenters. The zero-order chi connectivity index (χ0) is 28.2. The molecule has 1 fully saturated rings. The van der Waals surface area contributed by atoms with E-state index in [-0.39, 0.29) is 54.0 Å². The number of hydrogen-bond donors (Lipinski definition) is 0. The summed E-state index contributed by atoms with van der Waals surface area (Å²) in [6.07, 6.45) is 10.2. The molecule has 0 saturated carbocycles. The zero-order valence-corrected chi connectivity index (χ0v) is 24.3. The summed E-state index contributed by atoms with van der Waals surface area (Å²) in [4.78, 5) is 45.3. The molecule has 6 rings (SSSR count). The minimum absolute atomic E-state index is 0. The number of halogens is 1. The summed E-state index contributed by atoms with van der Waals surface area (Å²) in [6, 6.07) is 2.01. The summed E-state index contributed by atoms with van der Waals surface area (Å²) >= 11 is 0. The molecule has 3 aliphatic rings. The van der Waals surface area contributed by atoms with Crippen LogP contribution >= 0.6 is 0 Å². The quantitative estimate of drug-likeness (QED) is 0.328. The van der Waals surface area contributed by atoms with Crippen molar-refractivity contribution in [2.45, 2.75) is 77.1 Å². The van der Waals surface area contributed by atoms with Gasteiger partial charge in [-0.25, -0.2) is 25.1 Å². The third-order valence-electron chi connectivity index (χ3n) is 7.96. The molecule has 0 spiro atoms. The second-order valence-corrected chi connectivity index (χ2v) is 11.7. The zero-order valence-electron chi connectivity index (χ0n) is 24.3. The van der Waals surface area contributed by atoms with Gasteiger partial charge in [-0.05, 0) is 76.1 Å². The van der Waals surface area contributed by atoms with Gasteiger partial charge in [0.15, 0.2) is 0 Å². The summed E-state index contributed by atoms with van der Waals surface area (Å²) in [5.74, 6) is -0.749. The normalized spacial score (nSPS) is 17.3. The maximum absolute atomic E-state index is 15.3. The van der Waals surface area contributed by atoms with Crippen molar-refractivity contribution in [3.8, 4) is 5.69 Å². The molecule has 2 aromatic heterocycles. The Morgan fingerprint density at radius 1 is 1.19 bits per heavy atom. The molecule has 1 aromatic carbocycles. The Kier molecular flexibility index (Phi) is 9.02. The summed E-state index contributed by atoms with van der Waals surface area (Å²) in [7, 11) is 0. The van der Waals surface area contributed by atoms with E-state index < -0.39 is 23.4 Å². The maximum atomic E-state index is 15.3. The number of likely N-dealkylation sites (tertiary alicyclic amines) is 1. The van der Waals surface area contributed by atoms with Crippen LogP contribution in [0.3, 0.4) is 0 Å². The van der Waals surface area contributed by atoms with Gasteiger partial charge in [-0.1, -0.05) is 0 Å². The van der Waals surface area contributed by atoms with Gasteiger partial charge in [-0.15, -0.1) is 0 Å². The van der Waals surface area contributed by atoms with Gasteiger partial charge in [0.1, 0.15) is 11.4 Å². The van der Waals surface area contributed by atoms with E-state index in [1.807, 2.05) is 37.8 Å². The van der Waals surface area contributed by atoms with Gasteiger partial charge in [0, 0.05) is 49.2 Å². The molecule has 0 radical (unpaired) electrons. The first-order chi connectivity index (χ1) is 19.1. The van der Waals surface area contributed by atoms with Crippen molar-refractivity contribution in [3.63, 3.8) is 0 Å². The van der Waals surface area contributed by atoms with E-state index in [4.69, 9.17) is 4.74 Å². The van der Waals surface area contributed by atoms with E-state index in [9.17, 15) is 14.4 Å². The van der Waals surface area contributed by atoms with E-state index in [0.29, 0.717) is 24.5 Å². The molecule has 1 unspecified atom stereocenters. The van der Waals surface area contributed by atoms with Crippen LogP contribution in [0.25, 0.3) is 5.69 Å². The number of carbonyl (C=O) groups excluding carboxylic acids is 3. The first-order valence-electron chi connectivity index (χ1n) is 13.7. The van der Waals surface area contributed by atoms with Crippen LogP contribution < -0.4 is 18.9 Å². The van der Waals surface area contributed by atoms with Crippen molar-refractivity contribution in [3.05, 3.63) is 64.7 Å². The molecule has 218 valence electrons. The van der Waals surface area contributed by atoms with Gasteiger partial charge in [-0.3, -0.25) is 4.79 Å². The molecule has 1 saturated heterocycles. The van der Waals surface area contributed by atoms with Crippen molar-refractivity contribution in [1.29, 1.82) is 0 Å². The Bertz CT molecular complexity index is 1490. The molecule has 13 heteroatoms. The number of piperidine rings is 1. The molecule has 0 aliphatic carbocycles. The molecule has 42 heavy (non-hydrogen) atoms. The largest absolute Gasteiger partial charge is 1.00 e. The first kappa shape index (κ1) is 31.5. The second kappa shape index (κ2) is 12.0. The number of nitrogens with zero attached hydrogens (tertiary/aromatic N) is 6. The molecular weight excluding hydrogens is 538 g/mol. The van der Waals surface area contributed by atoms with Crippen LogP contribution in [-0.4, -0.2) is 71.6 Å². The van der Waals surface area contributed by atoms with Crippen molar-refractivity contribution < 1.29 is 47.8 Å². The molecule has 11 nitrogen and oxygen atoms in total. The van der Waals surface area contributed by atoms with Crippen molar-refractivity contribution in [2.24, 2.45) is 0 Å². The van der Waals surface area contributed by atoms with Gasteiger partial charge < -0.3 is 29.4 Å². The number of imidazole rings is 1. The van der Waals surface area contributed by atoms with Crippen molar-refractivity contribution in [2.75, 3.05) is 13.1 Å². The summed E-state index contributed by atoms with van der Waals surface area (Å²) in [5, 5.41) is 4.45. The van der Waals surface area contributed by atoms with Crippen molar-refractivity contribution >= 4 is 18.3 Å². The van der Waals surface area contributed by atoms with E-state index in [1.54, 1.807) is 28.2 Å². The number of fused-ring (bicyclic) bond motifs is 2. The molecular formula is C29H33FLiN6O5-. The standard InChI is InChI=1S/C29H32FN6O4.Li.H2O/c1-29(2,3)40-28(39)33-9-6-18(7-10-33)19-13-32-36(14-19)20-11-21-22(23(30)12-20)15-35(27(21)38)25(16-37)26-24-5-4-8-34(24)17-31-26;;/h11-14,17-18,25H,4-10,15H2,1-3H3;;1H2/q-1;+1;/p-1. The van der Waals surface area contributed by atoms with E-state index in [0.717, 1.165) is 43.5 Å². The van der Waals surface area contributed by atoms with Gasteiger partial charge >= 0.3 is 25.0 Å². The molecule has 3 aromatic rings. The number of aryl methyl sites for hydroxylation is 1. The SMILES string of the molecule is CC(C)(C)OC(=O)N1CCC(c2cnn(-c3cc(F)c4c(c3)C(=O)N(C([C-]=O)c3ncn5c3CCC5)C4)c2)CC1.[Li+].[OH-]. The number of carbonyl (C=O) groups is 2. The summed E-state index contributed by atoms with van der Waals surface area (Å²) in [5.41, 5.74) is 2.80. The van der Waals surface area contributed by atoms with Gasteiger partial charge in [0.2, 0.25) is 0 Å². The van der Waals surface area contributed by atoms with Crippen LogP contribution in [0.4, 0.5) is 9.18 Å². The second-order valence-electron chi connectivity index (χ2n) is 11.7. The van der Waals surface area contributed by atoms with Crippen molar-refractivity contribution in [1.82, 2.24) is 29.1 Å². The third-order valence-corrected chi connectivity index (χ3v) is 7.96. The first-order valence-corrected chi connectivity index (χ1v) is 13.7. The number of benzene rings is 1. The molecule has 1 N–H and O–H groups in total. The molecule has 2 amide bonds. The Balaban J connectivity index is 0.00000202.